The van der Waals surface area contributed by atoms with E-state index in [1.54, 1.807) is 6.26 Å². The SMILES string of the molecule is Cc1ccc(OCCNC(=NCCN2CCOCC2)NCCc2ccco2)cc1.I. The number of aliphatic imine (C=N–C) groups is 1. The first-order chi connectivity index (χ1) is 14.3. The summed E-state index contributed by atoms with van der Waals surface area (Å²) in [5.41, 5.74) is 1.23. The van der Waals surface area contributed by atoms with Crippen LogP contribution in [-0.2, 0) is 11.2 Å². The average Bonchev–Trinajstić information content (AvgIpc) is 3.26. The second kappa shape index (κ2) is 14.3. The summed E-state index contributed by atoms with van der Waals surface area (Å²) in [4.78, 5) is 7.10. The highest BCUT2D eigenvalue weighted by Crippen LogP contribution is 2.10. The standard InChI is InChI=1S/C22H32N4O3.HI/c1-19-4-6-21(7-5-19)29-16-11-25-22(23-9-8-20-3-2-15-28-20)24-10-12-26-13-17-27-18-14-26;/h2-7,15H,8-14,16-18H2,1H3,(H2,23,24,25);1H. The molecule has 0 radical (unpaired) electrons. The van der Waals surface area contributed by atoms with Crippen LogP contribution in [-0.4, -0.2) is 69.9 Å². The molecule has 1 saturated heterocycles. The predicted molar refractivity (Wildman–Crippen MR) is 130 cm³/mol. The quantitative estimate of drug-likeness (QED) is 0.214. The van der Waals surface area contributed by atoms with E-state index in [1.165, 1.54) is 5.56 Å². The summed E-state index contributed by atoms with van der Waals surface area (Å²) in [6, 6.07) is 12.0. The molecular weight excluding hydrogens is 495 g/mol. The van der Waals surface area contributed by atoms with E-state index in [4.69, 9.17) is 18.9 Å². The number of nitrogens with one attached hydrogen (secondary N) is 2. The van der Waals surface area contributed by atoms with Crippen molar-refractivity contribution in [3.63, 3.8) is 0 Å². The summed E-state index contributed by atoms with van der Waals surface area (Å²) in [5.74, 6) is 2.65. The van der Waals surface area contributed by atoms with Gasteiger partial charge in [0, 0.05) is 32.6 Å². The number of rotatable bonds is 10. The minimum absolute atomic E-state index is 0. The Morgan fingerprint density at radius 2 is 1.87 bits per heavy atom. The first-order valence-corrected chi connectivity index (χ1v) is 10.3. The molecule has 0 unspecified atom stereocenters. The molecule has 1 aliphatic heterocycles. The highest BCUT2D eigenvalue weighted by Gasteiger charge is 2.09. The summed E-state index contributed by atoms with van der Waals surface area (Å²) in [6.07, 6.45) is 2.52. The Hall–Kier alpha value is -1.78. The van der Waals surface area contributed by atoms with Crippen LogP contribution in [0, 0.1) is 6.92 Å². The number of morpholine rings is 1. The van der Waals surface area contributed by atoms with E-state index in [-0.39, 0.29) is 24.0 Å². The smallest absolute Gasteiger partial charge is 0.191 e. The second-order valence-corrected chi connectivity index (χ2v) is 7.03. The lowest BCUT2D eigenvalue weighted by atomic mass is 10.2. The van der Waals surface area contributed by atoms with Crippen molar-refractivity contribution in [3.05, 3.63) is 54.0 Å². The lowest BCUT2D eigenvalue weighted by Crippen LogP contribution is -2.41. The van der Waals surface area contributed by atoms with Crippen LogP contribution in [0.1, 0.15) is 11.3 Å². The van der Waals surface area contributed by atoms with E-state index in [1.807, 2.05) is 24.3 Å². The van der Waals surface area contributed by atoms with Gasteiger partial charge in [0.25, 0.3) is 0 Å². The largest absolute Gasteiger partial charge is 0.492 e. The van der Waals surface area contributed by atoms with Gasteiger partial charge in [0.15, 0.2) is 5.96 Å². The molecule has 30 heavy (non-hydrogen) atoms. The van der Waals surface area contributed by atoms with Gasteiger partial charge in [-0.2, -0.15) is 0 Å². The maximum atomic E-state index is 5.79. The molecule has 0 amide bonds. The van der Waals surface area contributed by atoms with E-state index >= 15 is 0 Å². The minimum Gasteiger partial charge on any atom is -0.492 e. The Morgan fingerprint density at radius 1 is 1.10 bits per heavy atom. The normalized spacial score (nSPS) is 14.8. The molecule has 3 rings (SSSR count). The van der Waals surface area contributed by atoms with Gasteiger partial charge in [0.05, 0.1) is 32.6 Å². The molecule has 166 valence electrons. The van der Waals surface area contributed by atoms with Crippen LogP contribution in [0.4, 0.5) is 0 Å². The third-order valence-electron chi connectivity index (χ3n) is 4.72. The van der Waals surface area contributed by atoms with Crippen molar-refractivity contribution >= 4 is 29.9 Å². The van der Waals surface area contributed by atoms with Gasteiger partial charge in [-0.05, 0) is 31.2 Å². The van der Waals surface area contributed by atoms with Gasteiger partial charge in [0.2, 0.25) is 0 Å². The monoisotopic (exact) mass is 528 g/mol. The number of aryl methyl sites for hydroxylation is 1. The predicted octanol–water partition coefficient (Wildman–Crippen LogP) is 2.69. The molecule has 1 aliphatic rings. The van der Waals surface area contributed by atoms with Crippen LogP contribution < -0.4 is 15.4 Å². The fourth-order valence-electron chi connectivity index (χ4n) is 3.03. The first kappa shape index (κ1) is 24.5. The molecule has 2 aromatic rings. The number of nitrogens with zero attached hydrogens (tertiary/aromatic N) is 2. The highest BCUT2D eigenvalue weighted by molar-refractivity contribution is 14.0. The summed E-state index contributed by atoms with van der Waals surface area (Å²) in [5, 5.41) is 6.74. The van der Waals surface area contributed by atoms with Crippen molar-refractivity contribution in [2.24, 2.45) is 4.99 Å². The molecule has 0 spiro atoms. The van der Waals surface area contributed by atoms with Crippen molar-refractivity contribution in [2.45, 2.75) is 13.3 Å². The number of hydrogen-bond acceptors (Lipinski definition) is 5. The summed E-state index contributed by atoms with van der Waals surface area (Å²) >= 11 is 0. The molecule has 1 fully saturated rings. The lowest BCUT2D eigenvalue weighted by Gasteiger charge is -2.25. The van der Waals surface area contributed by atoms with E-state index in [9.17, 15) is 0 Å². The molecule has 7 nitrogen and oxygen atoms in total. The zero-order valence-corrected chi connectivity index (χ0v) is 20.0. The van der Waals surface area contributed by atoms with Gasteiger partial charge in [-0.1, -0.05) is 17.7 Å². The number of guanidine groups is 1. The Bertz CT molecular complexity index is 716. The third-order valence-corrected chi connectivity index (χ3v) is 4.72. The van der Waals surface area contributed by atoms with Gasteiger partial charge in [-0.3, -0.25) is 9.89 Å². The fourth-order valence-corrected chi connectivity index (χ4v) is 3.03. The maximum Gasteiger partial charge on any atom is 0.191 e. The maximum absolute atomic E-state index is 5.79. The van der Waals surface area contributed by atoms with Crippen molar-refractivity contribution in [1.29, 1.82) is 0 Å². The van der Waals surface area contributed by atoms with E-state index in [2.05, 4.69) is 34.6 Å². The van der Waals surface area contributed by atoms with Crippen molar-refractivity contribution in [1.82, 2.24) is 15.5 Å². The fraction of sp³-hybridized carbons (Fsp3) is 0.500. The molecule has 2 N–H and O–H groups in total. The van der Waals surface area contributed by atoms with Crippen molar-refractivity contribution in [2.75, 3.05) is 59.1 Å². The van der Waals surface area contributed by atoms with Crippen LogP contribution in [0.15, 0.2) is 52.1 Å². The Morgan fingerprint density at radius 3 is 2.60 bits per heavy atom. The number of furan rings is 1. The first-order valence-electron chi connectivity index (χ1n) is 10.3. The number of ether oxygens (including phenoxy) is 2. The zero-order chi connectivity index (χ0) is 20.2. The van der Waals surface area contributed by atoms with Gasteiger partial charge >= 0.3 is 0 Å². The molecule has 1 aromatic heterocycles. The minimum atomic E-state index is 0. The second-order valence-electron chi connectivity index (χ2n) is 7.03. The Balaban J connectivity index is 0.00000320. The van der Waals surface area contributed by atoms with Gasteiger partial charge in [-0.15, -0.1) is 24.0 Å². The zero-order valence-electron chi connectivity index (χ0n) is 17.6. The van der Waals surface area contributed by atoms with Crippen LogP contribution in [0.2, 0.25) is 0 Å². The third kappa shape index (κ3) is 9.36. The topological polar surface area (TPSA) is 71.3 Å². The highest BCUT2D eigenvalue weighted by atomic mass is 127. The van der Waals surface area contributed by atoms with Crippen LogP contribution in [0.25, 0.3) is 0 Å². The van der Waals surface area contributed by atoms with Crippen LogP contribution >= 0.6 is 24.0 Å². The molecule has 0 atom stereocenters. The molecular formula is C22H33IN4O3. The molecule has 1 aromatic carbocycles. The number of halogens is 1. The van der Waals surface area contributed by atoms with E-state index in [0.717, 1.165) is 69.8 Å². The summed E-state index contributed by atoms with van der Waals surface area (Å²) in [6.45, 7) is 9.35. The average molecular weight is 528 g/mol. The van der Waals surface area contributed by atoms with E-state index in [0.29, 0.717) is 13.2 Å². The Kier molecular flexibility index (Phi) is 11.6. The van der Waals surface area contributed by atoms with Crippen LogP contribution in [0.3, 0.4) is 0 Å². The number of benzene rings is 1. The summed E-state index contributed by atoms with van der Waals surface area (Å²) < 4.78 is 16.6. The molecule has 0 aliphatic carbocycles. The van der Waals surface area contributed by atoms with Crippen molar-refractivity contribution < 1.29 is 13.9 Å². The molecule has 0 bridgehead atoms. The van der Waals surface area contributed by atoms with Gasteiger partial charge in [0.1, 0.15) is 18.1 Å². The van der Waals surface area contributed by atoms with E-state index < -0.39 is 0 Å². The van der Waals surface area contributed by atoms with Gasteiger partial charge < -0.3 is 24.5 Å². The lowest BCUT2D eigenvalue weighted by molar-refractivity contribution is 0.0394. The Labute approximate surface area is 196 Å². The van der Waals surface area contributed by atoms with Gasteiger partial charge in [-0.25, -0.2) is 0 Å². The molecule has 8 heteroatoms. The van der Waals surface area contributed by atoms with Crippen LogP contribution in [0.5, 0.6) is 5.75 Å². The molecule has 2 heterocycles. The molecule has 0 saturated carbocycles. The van der Waals surface area contributed by atoms with Crippen molar-refractivity contribution in [3.8, 4) is 5.75 Å². The number of hydrogen-bond donors (Lipinski definition) is 2. The summed E-state index contributed by atoms with van der Waals surface area (Å²) in [7, 11) is 0.